The molecule has 0 bridgehead atoms. The van der Waals surface area contributed by atoms with Crippen molar-refractivity contribution in [3.63, 3.8) is 0 Å². The van der Waals surface area contributed by atoms with E-state index in [0.29, 0.717) is 11.4 Å². The number of nitrogens with zero attached hydrogens (tertiary/aromatic N) is 2. The Balaban J connectivity index is 2.49. The van der Waals surface area contributed by atoms with Gasteiger partial charge in [0.05, 0.1) is 0 Å². The first-order chi connectivity index (χ1) is 9.68. The van der Waals surface area contributed by atoms with Gasteiger partial charge in [-0.05, 0) is 19.1 Å². The van der Waals surface area contributed by atoms with Crippen molar-refractivity contribution in [1.29, 1.82) is 0 Å². The van der Waals surface area contributed by atoms with Gasteiger partial charge in [-0.25, -0.2) is 13.8 Å². The Kier molecular flexibility index (Phi) is 4.14. The molecule has 3 nitrogen and oxygen atoms in total. The average molecular weight is 313 g/mol. The van der Waals surface area contributed by atoms with Gasteiger partial charge in [-0.1, -0.05) is 32.4 Å². The van der Waals surface area contributed by atoms with E-state index in [1.165, 1.54) is 0 Å². The molecule has 21 heavy (non-hydrogen) atoms. The van der Waals surface area contributed by atoms with Gasteiger partial charge in [0.15, 0.2) is 11.6 Å². The summed E-state index contributed by atoms with van der Waals surface area (Å²) in [4.78, 5) is 8.46. The van der Waals surface area contributed by atoms with Gasteiger partial charge in [-0.3, -0.25) is 0 Å². The molecule has 0 saturated heterocycles. The van der Waals surface area contributed by atoms with Crippen LogP contribution < -0.4 is 4.74 Å². The first kappa shape index (κ1) is 15.6. The third-order valence-electron chi connectivity index (χ3n) is 2.81. The summed E-state index contributed by atoms with van der Waals surface area (Å²) in [5, 5.41) is 0.224. The van der Waals surface area contributed by atoms with E-state index in [0.717, 1.165) is 18.2 Å². The molecule has 1 heterocycles. The Labute approximate surface area is 127 Å². The number of hydrogen-bond donors (Lipinski definition) is 0. The van der Waals surface area contributed by atoms with Gasteiger partial charge in [0.2, 0.25) is 5.88 Å². The van der Waals surface area contributed by atoms with Crippen LogP contribution in [0, 0.1) is 18.6 Å². The molecule has 0 radical (unpaired) electrons. The first-order valence-corrected chi connectivity index (χ1v) is 6.74. The molecule has 2 aromatic rings. The van der Waals surface area contributed by atoms with E-state index in [9.17, 15) is 8.78 Å². The van der Waals surface area contributed by atoms with E-state index in [-0.39, 0.29) is 22.2 Å². The number of hydrogen-bond acceptors (Lipinski definition) is 3. The molecule has 0 fully saturated rings. The summed E-state index contributed by atoms with van der Waals surface area (Å²) in [6, 6.07) is 2.97. The highest BCUT2D eigenvalue weighted by Gasteiger charge is 2.22. The topological polar surface area (TPSA) is 35.0 Å². The van der Waals surface area contributed by atoms with Gasteiger partial charge in [-0.15, -0.1) is 0 Å². The van der Waals surface area contributed by atoms with E-state index in [4.69, 9.17) is 16.3 Å². The van der Waals surface area contributed by atoms with Gasteiger partial charge in [0.25, 0.3) is 0 Å². The van der Waals surface area contributed by atoms with Gasteiger partial charge in [0.1, 0.15) is 16.8 Å². The van der Waals surface area contributed by atoms with Crippen LogP contribution >= 0.6 is 11.6 Å². The second-order valence-electron chi connectivity index (χ2n) is 5.69. The van der Waals surface area contributed by atoms with Crippen LogP contribution in [-0.2, 0) is 5.41 Å². The summed E-state index contributed by atoms with van der Waals surface area (Å²) < 4.78 is 32.2. The molecule has 1 aromatic carbocycles. The summed E-state index contributed by atoms with van der Waals surface area (Å²) in [5.74, 6) is -0.940. The van der Waals surface area contributed by atoms with Crippen molar-refractivity contribution >= 4 is 11.6 Å². The van der Waals surface area contributed by atoms with Crippen LogP contribution in [0.3, 0.4) is 0 Å². The Morgan fingerprint density at radius 3 is 2.43 bits per heavy atom. The van der Waals surface area contributed by atoms with Crippen molar-refractivity contribution in [1.82, 2.24) is 9.97 Å². The van der Waals surface area contributed by atoms with E-state index < -0.39 is 11.6 Å². The summed E-state index contributed by atoms with van der Waals surface area (Å²) in [7, 11) is 0. The number of halogens is 3. The SMILES string of the molecule is Cc1c(Cl)nc(C(C)(C)C)nc1Oc1cc(F)ccc1F. The maximum Gasteiger partial charge on any atom is 0.227 e. The molecular weight excluding hydrogens is 298 g/mol. The summed E-state index contributed by atoms with van der Waals surface area (Å²) in [5.41, 5.74) is 0.115. The zero-order chi connectivity index (χ0) is 15.8. The first-order valence-electron chi connectivity index (χ1n) is 6.36. The lowest BCUT2D eigenvalue weighted by Crippen LogP contribution is -2.17. The number of rotatable bonds is 2. The van der Waals surface area contributed by atoms with E-state index in [1.54, 1.807) is 6.92 Å². The van der Waals surface area contributed by atoms with Gasteiger partial charge in [-0.2, -0.15) is 4.98 Å². The van der Waals surface area contributed by atoms with Crippen molar-refractivity contribution in [3.05, 3.63) is 46.4 Å². The third-order valence-corrected chi connectivity index (χ3v) is 3.18. The highest BCUT2D eigenvalue weighted by Crippen LogP contribution is 2.31. The van der Waals surface area contributed by atoms with Crippen LogP contribution in [0.2, 0.25) is 5.15 Å². The van der Waals surface area contributed by atoms with Crippen molar-refractivity contribution < 1.29 is 13.5 Å². The fraction of sp³-hybridized carbons (Fsp3) is 0.333. The van der Waals surface area contributed by atoms with Crippen LogP contribution in [0.5, 0.6) is 11.6 Å². The predicted octanol–water partition coefficient (Wildman–Crippen LogP) is 4.81. The average Bonchev–Trinajstić information content (AvgIpc) is 2.37. The van der Waals surface area contributed by atoms with Crippen molar-refractivity contribution in [3.8, 4) is 11.6 Å². The smallest absolute Gasteiger partial charge is 0.227 e. The molecule has 0 spiro atoms. The fourth-order valence-electron chi connectivity index (χ4n) is 1.56. The molecule has 0 saturated carbocycles. The number of aromatic nitrogens is 2. The highest BCUT2D eigenvalue weighted by atomic mass is 35.5. The molecule has 0 N–H and O–H groups in total. The minimum absolute atomic E-state index is 0.115. The summed E-state index contributed by atoms with van der Waals surface area (Å²) >= 11 is 6.06. The summed E-state index contributed by atoms with van der Waals surface area (Å²) in [6.45, 7) is 7.41. The molecule has 112 valence electrons. The Hall–Kier alpha value is -1.75. The van der Waals surface area contributed by atoms with Crippen LogP contribution in [0.15, 0.2) is 18.2 Å². The quantitative estimate of drug-likeness (QED) is 0.747. The zero-order valence-electron chi connectivity index (χ0n) is 12.2. The zero-order valence-corrected chi connectivity index (χ0v) is 12.9. The largest absolute Gasteiger partial charge is 0.435 e. The molecule has 0 aliphatic carbocycles. The maximum atomic E-state index is 13.7. The number of benzene rings is 1. The minimum Gasteiger partial charge on any atom is -0.435 e. The molecule has 2 rings (SSSR count). The van der Waals surface area contributed by atoms with Crippen molar-refractivity contribution in [2.75, 3.05) is 0 Å². The minimum atomic E-state index is -0.678. The molecular formula is C15H15ClF2N2O. The molecule has 0 atom stereocenters. The Morgan fingerprint density at radius 2 is 1.81 bits per heavy atom. The Bertz CT molecular complexity index is 684. The molecule has 0 amide bonds. The van der Waals surface area contributed by atoms with Crippen molar-refractivity contribution in [2.24, 2.45) is 0 Å². The van der Waals surface area contributed by atoms with Crippen LogP contribution in [0.1, 0.15) is 32.2 Å². The van der Waals surface area contributed by atoms with E-state index in [2.05, 4.69) is 9.97 Å². The molecule has 0 aliphatic heterocycles. The van der Waals surface area contributed by atoms with Crippen LogP contribution in [-0.4, -0.2) is 9.97 Å². The third kappa shape index (κ3) is 3.47. The molecule has 1 aromatic heterocycles. The lowest BCUT2D eigenvalue weighted by molar-refractivity contribution is 0.410. The molecule has 6 heteroatoms. The second-order valence-corrected chi connectivity index (χ2v) is 6.05. The maximum absolute atomic E-state index is 13.7. The lowest BCUT2D eigenvalue weighted by Gasteiger charge is -2.19. The predicted molar refractivity (Wildman–Crippen MR) is 76.9 cm³/mol. The fourth-order valence-corrected chi connectivity index (χ4v) is 1.73. The van der Waals surface area contributed by atoms with Crippen molar-refractivity contribution in [2.45, 2.75) is 33.1 Å². The van der Waals surface area contributed by atoms with Crippen LogP contribution in [0.25, 0.3) is 0 Å². The summed E-state index contributed by atoms with van der Waals surface area (Å²) in [6.07, 6.45) is 0. The van der Waals surface area contributed by atoms with Crippen LogP contribution in [0.4, 0.5) is 8.78 Å². The lowest BCUT2D eigenvalue weighted by atomic mass is 9.96. The molecule has 0 aliphatic rings. The number of ether oxygens (including phenoxy) is 1. The second kappa shape index (κ2) is 5.56. The van der Waals surface area contributed by atoms with E-state index in [1.807, 2.05) is 20.8 Å². The highest BCUT2D eigenvalue weighted by molar-refractivity contribution is 6.30. The standard InChI is InChI=1S/C15H15ClF2N2O/c1-8-12(16)19-14(15(2,3)4)20-13(8)21-11-7-9(17)5-6-10(11)18/h5-7H,1-4H3. The molecule has 0 unspecified atom stereocenters. The Morgan fingerprint density at radius 1 is 1.14 bits per heavy atom. The monoisotopic (exact) mass is 312 g/mol. The van der Waals surface area contributed by atoms with Gasteiger partial charge >= 0.3 is 0 Å². The van der Waals surface area contributed by atoms with E-state index >= 15 is 0 Å². The normalized spacial score (nSPS) is 11.6. The van der Waals surface area contributed by atoms with Gasteiger partial charge in [0, 0.05) is 17.0 Å². The van der Waals surface area contributed by atoms with Gasteiger partial charge < -0.3 is 4.74 Å².